The molecule has 2 N–H and O–H groups in total. The molecular weight excluding hydrogens is 432 g/mol. The monoisotopic (exact) mass is 460 g/mol. The normalized spacial score (nSPS) is 18.1. The van der Waals surface area contributed by atoms with E-state index < -0.39 is 0 Å². The van der Waals surface area contributed by atoms with Gasteiger partial charge >= 0.3 is 0 Å². The second-order valence-electron chi connectivity index (χ2n) is 8.51. The van der Waals surface area contributed by atoms with Gasteiger partial charge in [0.1, 0.15) is 11.5 Å². The average molecular weight is 461 g/mol. The Morgan fingerprint density at radius 3 is 2.68 bits per heavy atom. The van der Waals surface area contributed by atoms with Crippen molar-refractivity contribution in [2.24, 2.45) is 7.05 Å². The fraction of sp³-hybridized carbons (Fsp3) is 0.375. The van der Waals surface area contributed by atoms with Crippen molar-refractivity contribution in [3.63, 3.8) is 0 Å². The van der Waals surface area contributed by atoms with Crippen LogP contribution in [0.15, 0.2) is 43.0 Å². The van der Waals surface area contributed by atoms with Crippen LogP contribution < -0.4 is 15.4 Å². The third kappa shape index (κ3) is 4.07. The molecule has 1 aliphatic carbocycles. The first kappa shape index (κ1) is 21.9. The van der Waals surface area contributed by atoms with Crippen LogP contribution in [-0.4, -0.2) is 55.6 Å². The van der Waals surface area contributed by atoms with Crippen molar-refractivity contribution < 1.29 is 9.53 Å². The van der Waals surface area contributed by atoms with E-state index in [1.165, 1.54) is 0 Å². The number of hydrogen-bond donors (Lipinski definition) is 2. The summed E-state index contributed by atoms with van der Waals surface area (Å²) in [7, 11) is 5.36. The summed E-state index contributed by atoms with van der Waals surface area (Å²) in [6.45, 7) is 0. The van der Waals surface area contributed by atoms with Gasteiger partial charge in [-0.05, 0) is 37.8 Å². The molecule has 0 bridgehead atoms. The largest absolute Gasteiger partial charge is 0.488 e. The highest BCUT2D eigenvalue weighted by Gasteiger charge is 2.28. The standard InChI is InChI=1S/C24H28N8O2/c1-25-21-11-19-18(13-28-21)22(15-12-29-31(3)14-15)30-32(19)16-6-8-17(9-7-16)34-20-5-4-10-27-23(20)24(33)26-2/h4-5,10-14,16-17H,6-9H2,1-3H3,(H,25,28)(H,26,33). The van der Waals surface area contributed by atoms with Crippen LogP contribution in [0.25, 0.3) is 22.2 Å². The molecule has 0 unspecified atom stereocenters. The molecule has 0 aliphatic heterocycles. The van der Waals surface area contributed by atoms with Gasteiger partial charge in [0.15, 0.2) is 11.4 Å². The zero-order valence-corrected chi connectivity index (χ0v) is 19.5. The van der Waals surface area contributed by atoms with E-state index in [2.05, 4.69) is 36.4 Å². The molecule has 1 aliphatic rings. The Morgan fingerprint density at radius 2 is 1.97 bits per heavy atom. The zero-order chi connectivity index (χ0) is 23.7. The van der Waals surface area contributed by atoms with Crippen molar-refractivity contribution in [2.45, 2.75) is 37.8 Å². The van der Waals surface area contributed by atoms with Crippen molar-refractivity contribution in [1.29, 1.82) is 0 Å². The number of aryl methyl sites for hydroxylation is 1. The lowest BCUT2D eigenvalue weighted by atomic mass is 9.93. The second-order valence-corrected chi connectivity index (χ2v) is 8.51. The van der Waals surface area contributed by atoms with E-state index in [1.807, 2.05) is 32.7 Å². The maximum Gasteiger partial charge on any atom is 0.273 e. The van der Waals surface area contributed by atoms with Gasteiger partial charge in [-0.1, -0.05) is 0 Å². The highest BCUT2D eigenvalue weighted by molar-refractivity contribution is 5.95. The first-order valence-electron chi connectivity index (χ1n) is 11.5. The van der Waals surface area contributed by atoms with Crippen molar-refractivity contribution in [3.05, 3.63) is 48.7 Å². The third-order valence-corrected chi connectivity index (χ3v) is 6.32. The third-order valence-electron chi connectivity index (χ3n) is 6.32. The Bertz CT molecular complexity index is 1320. The number of rotatable bonds is 6. The van der Waals surface area contributed by atoms with E-state index >= 15 is 0 Å². The minimum Gasteiger partial charge on any atom is -0.488 e. The number of hydrogen-bond acceptors (Lipinski definition) is 7. The summed E-state index contributed by atoms with van der Waals surface area (Å²) in [5.74, 6) is 1.09. The van der Waals surface area contributed by atoms with E-state index in [9.17, 15) is 4.79 Å². The van der Waals surface area contributed by atoms with Gasteiger partial charge in [-0.3, -0.25) is 14.2 Å². The molecule has 176 valence electrons. The summed E-state index contributed by atoms with van der Waals surface area (Å²) >= 11 is 0. The number of pyridine rings is 2. The van der Waals surface area contributed by atoms with Gasteiger partial charge in [-0.25, -0.2) is 9.97 Å². The van der Waals surface area contributed by atoms with E-state index in [0.29, 0.717) is 11.4 Å². The number of carbonyl (C=O) groups is 1. The quantitative estimate of drug-likeness (QED) is 0.454. The van der Waals surface area contributed by atoms with Crippen LogP contribution in [0, 0.1) is 0 Å². The lowest BCUT2D eigenvalue weighted by Gasteiger charge is -2.30. The molecule has 4 heterocycles. The van der Waals surface area contributed by atoms with Gasteiger partial charge in [0, 0.05) is 56.7 Å². The van der Waals surface area contributed by atoms with E-state index in [-0.39, 0.29) is 18.1 Å². The Kier molecular flexibility index (Phi) is 5.87. The predicted molar refractivity (Wildman–Crippen MR) is 129 cm³/mol. The molecule has 10 nitrogen and oxygen atoms in total. The van der Waals surface area contributed by atoms with Crippen molar-refractivity contribution in [2.75, 3.05) is 19.4 Å². The van der Waals surface area contributed by atoms with Crippen molar-refractivity contribution in [1.82, 2.24) is 34.8 Å². The number of amides is 1. The molecule has 5 rings (SSSR count). The summed E-state index contributed by atoms with van der Waals surface area (Å²) in [6, 6.07) is 5.89. The lowest BCUT2D eigenvalue weighted by molar-refractivity contribution is 0.0939. The molecule has 4 aromatic rings. The van der Waals surface area contributed by atoms with Gasteiger partial charge in [0.2, 0.25) is 0 Å². The molecule has 0 aromatic carbocycles. The molecule has 34 heavy (non-hydrogen) atoms. The number of fused-ring (bicyclic) bond motifs is 1. The van der Waals surface area contributed by atoms with Crippen LogP contribution >= 0.6 is 0 Å². The van der Waals surface area contributed by atoms with Gasteiger partial charge < -0.3 is 15.4 Å². The molecule has 4 aromatic heterocycles. The summed E-state index contributed by atoms with van der Waals surface area (Å²) in [6.07, 6.45) is 10.9. The first-order valence-corrected chi connectivity index (χ1v) is 11.5. The van der Waals surface area contributed by atoms with Crippen LogP contribution in [0.5, 0.6) is 5.75 Å². The SMILES string of the molecule is CNC(=O)c1ncccc1OC1CCC(n2nc(-c3cnn(C)c3)c3cnc(NC)cc32)CC1. The number of nitrogens with one attached hydrogen (secondary N) is 2. The Morgan fingerprint density at radius 1 is 1.15 bits per heavy atom. The molecule has 1 amide bonds. The summed E-state index contributed by atoms with van der Waals surface area (Å²) in [4.78, 5) is 20.8. The molecule has 0 radical (unpaired) electrons. The van der Waals surface area contributed by atoms with E-state index in [0.717, 1.165) is 53.7 Å². The fourth-order valence-corrected chi connectivity index (χ4v) is 4.57. The van der Waals surface area contributed by atoms with Crippen LogP contribution in [-0.2, 0) is 7.05 Å². The van der Waals surface area contributed by atoms with Gasteiger partial charge in [-0.15, -0.1) is 0 Å². The van der Waals surface area contributed by atoms with Crippen LogP contribution in [0.1, 0.15) is 42.2 Å². The minimum atomic E-state index is -0.246. The number of carbonyl (C=O) groups excluding carboxylic acids is 1. The average Bonchev–Trinajstić information content (AvgIpc) is 3.47. The molecule has 0 atom stereocenters. The smallest absolute Gasteiger partial charge is 0.273 e. The number of aromatic nitrogens is 6. The number of anilines is 1. The van der Waals surface area contributed by atoms with Gasteiger partial charge in [0.05, 0.1) is 23.9 Å². The van der Waals surface area contributed by atoms with Crippen molar-refractivity contribution in [3.8, 4) is 17.0 Å². The molecule has 1 saturated carbocycles. The number of ether oxygens (including phenoxy) is 1. The highest BCUT2D eigenvalue weighted by atomic mass is 16.5. The van der Waals surface area contributed by atoms with Crippen LogP contribution in [0.4, 0.5) is 5.82 Å². The predicted octanol–water partition coefficient (Wildman–Crippen LogP) is 3.19. The maximum atomic E-state index is 12.1. The number of nitrogens with zero attached hydrogens (tertiary/aromatic N) is 6. The molecule has 10 heteroatoms. The Hall–Kier alpha value is -3.95. The summed E-state index contributed by atoms with van der Waals surface area (Å²) in [5, 5.41) is 16.1. The topological polar surface area (TPSA) is 112 Å². The van der Waals surface area contributed by atoms with Crippen molar-refractivity contribution >= 4 is 22.6 Å². The van der Waals surface area contributed by atoms with E-state index in [1.54, 1.807) is 30.1 Å². The van der Waals surface area contributed by atoms with Crippen LogP contribution in [0.2, 0.25) is 0 Å². The van der Waals surface area contributed by atoms with E-state index in [4.69, 9.17) is 9.84 Å². The van der Waals surface area contributed by atoms with Gasteiger partial charge in [-0.2, -0.15) is 10.2 Å². The summed E-state index contributed by atoms with van der Waals surface area (Å²) < 4.78 is 10.1. The zero-order valence-electron chi connectivity index (χ0n) is 19.5. The maximum absolute atomic E-state index is 12.1. The second kappa shape index (κ2) is 9.12. The molecule has 0 saturated heterocycles. The summed E-state index contributed by atoms with van der Waals surface area (Å²) in [5.41, 5.74) is 3.23. The molecule has 0 spiro atoms. The Balaban J connectivity index is 1.38. The van der Waals surface area contributed by atoms with Crippen LogP contribution in [0.3, 0.4) is 0 Å². The molecular formula is C24H28N8O2. The first-order chi connectivity index (χ1) is 16.6. The lowest BCUT2D eigenvalue weighted by Crippen LogP contribution is -2.28. The minimum absolute atomic E-state index is 0.0259. The van der Waals surface area contributed by atoms with Gasteiger partial charge in [0.25, 0.3) is 5.91 Å². The fourth-order valence-electron chi connectivity index (χ4n) is 4.57. The molecule has 1 fully saturated rings. The Labute approximate surface area is 197 Å². The highest BCUT2D eigenvalue weighted by Crippen LogP contribution is 2.36.